The average molecular weight is 976 g/mol. The molecule has 69 heavy (non-hydrogen) atoms. The molecule has 6 nitrogen and oxygen atoms in total. The summed E-state index contributed by atoms with van der Waals surface area (Å²) in [6.07, 6.45) is 60.9. The van der Waals surface area contributed by atoms with Crippen LogP contribution in [0.25, 0.3) is 0 Å². The van der Waals surface area contributed by atoms with Gasteiger partial charge in [0, 0.05) is 19.3 Å². The van der Waals surface area contributed by atoms with Gasteiger partial charge >= 0.3 is 17.9 Å². The van der Waals surface area contributed by atoms with Crippen molar-refractivity contribution >= 4 is 17.9 Å². The van der Waals surface area contributed by atoms with E-state index in [1.54, 1.807) is 0 Å². The highest BCUT2D eigenvalue weighted by Gasteiger charge is 2.19. The first-order valence-electron chi connectivity index (χ1n) is 31.3. The molecule has 0 aromatic rings. The Morgan fingerprint density at radius 1 is 0.304 bits per heavy atom. The molecule has 0 bridgehead atoms. The van der Waals surface area contributed by atoms with Gasteiger partial charge in [-0.3, -0.25) is 14.4 Å². The second kappa shape index (κ2) is 55.7. The first-order chi connectivity index (χ1) is 33.8. The lowest BCUT2D eigenvalue weighted by atomic mass is 9.99. The molecule has 0 radical (unpaired) electrons. The predicted molar refractivity (Wildman–Crippen MR) is 298 cm³/mol. The van der Waals surface area contributed by atoms with Gasteiger partial charge in [0.1, 0.15) is 13.2 Å². The minimum Gasteiger partial charge on any atom is -0.462 e. The number of carbonyl (C=O) groups is 3. The zero-order valence-corrected chi connectivity index (χ0v) is 47.5. The lowest BCUT2D eigenvalue weighted by Crippen LogP contribution is -2.30. The van der Waals surface area contributed by atoms with Gasteiger partial charge in [-0.1, -0.05) is 317 Å². The summed E-state index contributed by atoms with van der Waals surface area (Å²) in [7, 11) is 0. The summed E-state index contributed by atoms with van der Waals surface area (Å²) in [5, 5.41) is 0. The maximum Gasteiger partial charge on any atom is 0.306 e. The Balaban J connectivity index is 4.29. The van der Waals surface area contributed by atoms with Gasteiger partial charge in [0.2, 0.25) is 0 Å². The second-order valence-electron chi connectivity index (χ2n) is 22.4. The van der Waals surface area contributed by atoms with E-state index in [1.807, 2.05) is 0 Å². The maximum atomic E-state index is 12.9. The monoisotopic (exact) mass is 975 g/mol. The van der Waals surface area contributed by atoms with Crippen molar-refractivity contribution in [2.45, 2.75) is 362 Å². The van der Waals surface area contributed by atoms with Crippen LogP contribution in [-0.2, 0) is 28.6 Å². The third-order valence-corrected chi connectivity index (χ3v) is 14.8. The van der Waals surface area contributed by atoms with Gasteiger partial charge in [-0.05, 0) is 31.1 Å². The number of hydrogen-bond donors (Lipinski definition) is 0. The minimum absolute atomic E-state index is 0.0620. The van der Waals surface area contributed by atoms with E-state index in [-0.39, 0.29) is 31.1 Å². The van der Waals surface area contributed by atoms with E-state index >= 15 is 0 Å². The summed E-state index contributed by atoms with van der Waals surface area (Å²) in [5.74, 6) is 0.908. The third-order valence-electron chi connectivity index (χ3n) is 14.8. The van der Waals surface area contributed by atoms with Crippen LogP contribution in [0.15, 0.2) is 0 Å². The molecular formula is C63H122O6. The van der Waals surface area contributed by atoms with Crippen molar-refractivity contribution in [2.75, 3.05) is 13.2 Å². The molecule has 0 rings (SSSR count). The maximum absolute atomic E-state index is 12.9. The molecule has 0 aromatic heterocycles. The van der Waals surface area contributed by atoms with E-state index in [0.717, 1.165) is 69.6 Å². The zero-order valence-electron chi connectivity index (χ0n) is 47.5. The van der Waals surface area contributed by atoms with Gasteiger partial charge in [0.25, 0.3) is 0 Å². The van der Waals surface area contributed by atoms with Gasteiger partial charge in [-0.2, -0.15) is 0 Å². The Morgan fingerprint density at radius 3 is 0.826 bits per heavy atom. The SMILES string of the molecule is CCCCCCCCCCCCCCCCCCC(=O)O[C@@H](COC(=O)CCCCCCCCCCCCCCCCC(C)C)COC(=O)CCCCCCCCCCCCCCCCC(C)CC. The molecule has 0 aliphatic rings. The van der Waals surface area contributed by atoms with Crippen LogP contribution in [0.1, 0.15) is 356 Å². The molecule has 410 valence electrons. The molecule has 2 atom stereocenters. The lowest BCUT2D eigenvalue weighted by Gasteiger charge is -2.18. The van der Waals surface area contributed by atoms with Gasteiger partial charge in [-0.25, -0.2) is 0 Å². The third kappa shape index (κ3) is 55.6. The number of hydrogen-bond acceptors (Lipinski definition) is 6. The fourth-order valence-corrected chi connectivity index (χ4v) is 9.73. The molecule has 0 aliphatic carbocycles. The molecular weight excluding hydrogens is 853 g/mol. The Morgan fingerprint density at radius 2 is 0.551 bits per heavy atom. The highest BCUT2D eigenvalue weighted by atomic mass is 16.6. The van der Waals surface area contributed by atoms with Crippen LogP contribution in [0, 0.1) is 11.8 Å². The van der Waals surface area contributed by atoms with Crippen LogP contribution >= 0.6 is 0 Å². The summed E-state index contributed by atoms with van der Waals surface area (Å²) in [6, 6.07) is 0. The molecule has 0 spiro atoms. The van der Waals surface area contributed by atoms with Crippen LogP contribution in [0.4, 0.5) is 0 Å². The fraction of sp³-hybridized carbons (Fsp3) is 0.952. The summed E-state index contributed by atoms with van der Waals surface area (Å²) >= 11 is 0. The van der Waals surface area contributed by atoms with Crippen molar-refractivity contribution in [3.63, 3.8) is 0 Å². The largest absolute Gasteiger partial charge is 0.462 e. The highest BCUT2D eigenvalue weighted by Crippen LogP contribution is 2.19. The first-order valence-corrected chi connectivity index (χ1v) is 31.3. The molecule has 0 heterocycles. The second-order valence-corrected chi connectivity index (χ2v) is 22.4. The topological polar surface area (TPSA) is 78.9 Å². The lowest BCUT2D eigenvalue weighted by molar-refractivity contribution is -0.167. The molecule has 0 N–H and O–H groups in total. The summed E-state index contributed by atoms with van der Waals surface area (Å²) in [6.45, 7) is 11.5. The van der Waals surface area contributed by atoms with Crippen LogP contribution in [0.2, 0.25) is 0 Å². The van der Waals surface area contributed by atoms with Gasteiger partial charge in [-0.15, -0.1) is 0 Å². The van der Waals surface area contributed by atoms with E-state index in [2.05, 4.69) is 34.6 Å². The zero-order chi connectivity index (χ0) is 50.4. The number of unbranched alkanes of at least 4 members (excludes halogenated alkanes) is 41. The van der Waals surface area contributed by atoms with Crippen molar-refractivity contribution < 1.29 is 28.6 Å². The Bertz CT molecular complexity index is 1060. The highest BCUT2D eigenvalue weighted by molar-refractivity contribution is 5.71. The van der Waals surface area contributed by atoms with E-state index in [1.165, 1.54) is 244 Å². The molecule has 0 fully saturated rings. The van der Waals surface area contributed by atoms with Crippen LogP contribution in [0.3, 0.4) is 0 Å². The van der Waals surface area contributed by atoms with Gasteiger partial charge in [0.15, 0.2) is 6.10 Å². The van der Waals surface area contributed by atoms with Gasteiger partial charge < -0.3 is 14.2 Å². The molecule has 0 aromatic carbocycles. The van der Waals surface area contributed by atoms with Gasteiger partial charge in [0.05, 0.1) is 0 Å². The Labute approximate surface area is 431 Å². The van der Waals surface area contributed by atoms with Crippen molar-refractivity contribution in [3.05, 3.63) is 0 Å². The standard InChI is InChI=1S/C63H122O6/c1-6-8-9-10-11-12-13-14-15-16-25-30-35-40-45-50-55-63(66)69-60(56-67-61(64)53-48-43-38-33-28-23-19-17-21-26-31-36-41-46-51-58(3)4)57-68-62(65)54-49-44-39-34-29-24-20-18-22-27-32-37-42-47-52-59(5)7-2/h58-60H,6-57H2,1-5H3/t59?,60-/m0/s1. The van der Waals surface area contributed by atoms with Crippen molar-refractivity contribution in [1.29, 1.82) is 0 Å². The van der Waals surface area contributed by atoms with Crippen LogP contribution in [0.5, 0.6) is 0 Å². The first kappa shape index (κ1) is 67.4. The molecule has 6 heteroatoms. The number of rotatable bonds is 57. The molecule has 0 amide bonds. The average Bonchev–Trinajstić information content (AvgIpc) is 3.34. The van der Waals surface area contributed by atoms with Crippen molar-refractivity contribution in [3.8, 4) is 0 Å². The van der Waals surface area contributed by atoms with Crippen LogP contribution in [-0.4, -0.2) is 37.2 Å². The van der Waals surface area contributed by atoms with E-state index < -0.39 is 6.10 Å². The number of carbonyl (C=O) groups excluding carboxylic acids is 3. The number of ether oxygens (including phenoxy) is 3. The normalized spacial score (nSPS) is 12.4. The van der Waals surface area contributed by atoms with E-state index in [9.17, 15) is 14.4 Å². The van der Waals surface area contributed by atoms with Crippen molar-refractivity contribution in [2.24, 2.45) is 11.8 Å². The smallest absolute Gasteiger partial charge is 0.306 e. The number of esters is 3. The quantitative estimate of drug-likeness (QED) is 0.0343. The molecule has 1 unspecified atom stereocenters. The van der Waals surface area contributed by atoms with E-state index in [4.69, 9.17) is 14.2 Å². The van der Waals surface area contributed by atoms with Crippen molar-refractivity contribution in [1.82, 2.24) is 0 Å². The molecule has 0 saturated heterocycles. The molecule has 0 aliphatic heterocycles. The Kier molecular flexibility index (Phi) is 54.4. The van der Waals surface area contributed by atoms with Crippen LogP contribution < -0.4 is 0 Å². The molecule has 0 saturated carbocycles. The predicted octanol–water partition coefficient (Wildman–Crippen LogP) is 20.8. The summed E-state index contributed by atoms with van der Waals surface area (Å²) in [4.78, 5) is 38.3. The minimum atomic E-state index is -0.763. The fourth-order valence-electron chi connectivity index (χ4n) is 9.73. The Hall–Kier alpha value is -1.59. The summed E-state index contributed by atoms with van der Waals surface area (Å²) < 4.78 is 17.0. The van der Waals surface area contributed by atoms with E-state index in [0.29, 0.717) is 19.3 Å². The summed E-state index contributed by atoms with van der Waals surface area (Å²) in [5.41, 5.74) is 0.